The molecule has 1 aromatic heterocycles. The largest absolute Gasteiger partial charge is 0.454 e. The summed E-state index contributed by atoms with van der Waals surface area (Å²) in [5, 5.41) is 5.52. The first-order valence-corrected chi connectivity index (χ1v) is 6.98. The van der Waals surface area contributed by atoms with E-state index < -0.39 is 0 Å². The number of nitrogens with zero attached hydrogens (tertiary/aromatic N) is 1. The summed E-state index contributed by atoms with van der Waals surface area (Å²) < 4.78 is 5.98. The van der Waals surface area contributed by atoms with Crippen molar-refractivity contribution in [1.82, 2.24) is 0 Å². The molecule has 21 heavy (non-hydrogen) atoms. The van der Waals surface area contributed by atoms with Crippen molar-refractivity contribution in [3.8, 4) is 0 Å². The molecule has 0 fully saturated rings. The number of amidine groups is 1. The lowest BCUT2D eigenvalue weighted by Gasteiger charge is -2.17. The zero-order chi connectivity index (χ0) is 14.2. The number of anilines is 1. The topological polar surface area (TPSA) is 63.5 Å². The fourth-order valence-electron chi connectivity index (χ4n) is 2.66. The minimum Gasteiger partial charge on any atom is -0.454 e. The van der Waals surface area contributed by atoms with Gasteiger partial charge in [0.05, 0.1) is 11.7 Å². The van der Waals surface area contributed by atoms with Gasteiger partial charge >= 0.3 is 0 Å². The first-order chi connectivity index (χ1) is 10.3. The average Bonchev–Trinajstić information content (AvgIpc) is 2.89. The molecular formula is C17H15N3O. The van der Waals surface area contributed by atoms with Crippen LogP contribution < -0.4 is 11.1 Å². The number of nitrogens with two attached hydrogens (primary N) is 1. The number of nitrogens with one attached hydrogen (secondary N) is 1. The lowest BCUT2D eigenvalue weighted by molar-refractivity contribution is 0.670. The van der Waals surface area contributed by atoms with E-state index in [2.05, 4.69) is 22.4 Å². The fourth-order valence-corrected chi connectivity index (χ4v) is 2.66. The van der Waals surface area contributed by atoms with Crippen LogP contribution in [0.3, 0.4) is 0 Å². The summed E-state index contributed by atoms with van der Waals surface area (Å²) in [7, 11) is 0. The monoisotopic (exact) mass is 277 g/mol. The summed E-state index contributed by atoms with van der Waals surface area (Å²) in [5.41, 5.74) is 8.69. The Morgan fingerprint density at radius 3 is 2.86 bits per heavy atom. The van der Waals surface area contributed by atoms with Crippen molar-refractivity contribution in [3.63, 3.8) is 0 Å². The highest BCUT2D eigenvalue weighted by molar-refractivity contribution is 6.12. The quantitative estimate of drug-likeness (QED) is 0.713. The van der Waals surface area contributed by atoms with Crippen LogP contribution in [-0.4, -0.2) is 11.9 Å². The van der Waals surface area contributed by atoms with E-state index in [0.717, 1.165) is 39.9 Å². The van der Waals surface area contributed by atoms with Gasteiger partial charge in [-0.3, -0.25) is 0 Å². The molecule has 0 aliphatic carbocycles. The molecular weight excluding hydrogens is 262 g/mol. The van der Waals surface area contributed by atoms with E-state index in [0.29, 0.717) is 0 Å². The number of aliphatic imine (C=N–C) groups is 1. The molecule has 0 saturated heterocycles. The van der Waals surface area contributed by atoms with Gasteiger partial charge in [-0.2, -0.15) is 0 Å². The summed E-state index contributed by atoms with van der Waals surface area (Å²) in [6.45, 7) is 0. The highest BCUT2D eigenvalue weighted by atomic mass is 16.3. The van der Waals surface area contributed by atoms with Crippen molar-refractivity contribution >= 4 is 33.5 Å². The first-order valence-electron chi connectivity index (χ1n) is 6.98. The van der Waals surface area contributed by atoms with E-state index in [-0.39, 0.29) is 6.04 Å². The Morgan fingerprint density at radius 2 is 1.95 bits per heavy atom. The Hall–Kier alpha value is -2.59. The summed E-state index contributed by atoms with van der Waals surface area (Å²) >= 11 is 0. The molecule has 1 unspecified atom stereocenters. The van der Waals surface area contributed by atoms with Gasteiger partial charge in [-0.25, -0.2) is 4.99 Å². The predicted octanol–water partition coefficient (Wildman–Crippen LogP) is 3.64. The van der Waals surface area contributed by atoms with Gasteiger partial charge in [0.15, 0.2) is 5.58 Å². The maximum Gasteiger partial charge on any atom is 0.158 e. The number of para-hydroxylation sites is 2. The van der Waals surface area contributed by atoms with Gasteiger partial charge < -0.3 is 15.5 Å². The Balaban J connectivity index is 1.85. The third-order valence-electron chi connectivity index (χ3n) is 3.73. The molecule has 2 heterocycles. The van der Waals surface area contributed by atoms with Crippen molar-refractivity contribution in [1.29, 1.82) is 0 Å². The van der Waals surface area contributed by atoms with Crippen LogP contribution in [0.5, 0.6) is 0 Å². The number of fused-ring (bicyclic) bond motifs is 3. The van der Waals surface area contributed by atoms with Crippen molar-refractivity contribution in [2.24, 2.45) is 10.7 Å². The molecule has 0 spiro atoms. The number of hydrogen-bond donors (Lipinski definition) is 2. The van der Waals surface area contributed by atoms with Crippen LogP contribution in [0, 0.1) is 0 Å². The van der Waals surface area contributed by atoms with Crippen molar-refractivity contribution in [2.45, 2.75) is 12.5 Å². The van der Waals surface area contributed by atoms with Gasteiger partial charge in [0.25, 0.3) is 0 Å². The number of hydrogen-bond acceptors (Lipinski definition) is 4. The maximum atomic E-state index is 6.07. The van der Waals surface area contributed by atoms with Crippen LogP contribution in [0.25, 0.3) is 21.9 Å². The molecule has 3 aromatic rings. The van der Waals surface area contributed by atoms with Gasteiger partial charge in [-0.1, -0.05) is 36.4 Å². The van der Waals surface area contributed by atoms with Crippen LogP contribution in [0.15, 0.2) is 64.2 Å². The Labute approximate surface area is 122 Å². The first kappa shape index (κ1) is 12.2. The molecule has 1 aliphatic rings. The molecule has 0 radical (unpaired) electrons. The van der Waals surface area contributed by atoms with E-state index in [1.807, 2.05) is 36.4 Å². The molecule has 2 aromatic carbocycles. The van der Waals surface area contributed by atoms with Crippen LogP contribution >= 0.6 is 0 Å². The molecule has 0 amide bonds. The highest BCUT2D eigenvalue weighted by Gasteiger charge is 2.15. The van der Waals surface area contributed by atoms with Gasteiger partial charge in [-0.15, -0.1) is 0 Å². The van der Waals surface area contributed by atoms with Gasteiger partial charge in [0.2, 0.25) is 0 Å². The zero-order valence-corrected chi connectivity index (χ0v) is 11.4. The van der Waals surface area contributed by atoms with E-state index in [1.165, 1.54) is 0 Å². The lowest BCUT2D eigenvalue weighted by Crippen LogP contribution is -2.36. The summed E-state index contributed by atoms with van der Waals surface area (Å²) in [6.07, 6.45) is 4.55. The molecule has 4 heteroatoms. The van der Waals surface area contributed by atoms with Gasteiger partial charge in [0.1, 0.15) is 11.4 Å². The molecule has 3 N–H and O–H groups in total. The SMILES string of the molecule is NC1CC=CN=C1Nc1cccc2c1oc1ccccc12. The summed E-state index contributed by atoms with van der Waals surface area (Å²) in [4.78, 5) is 4.32. The van der Waals surface area contributed by atoms with Crippen LogP contribution in [-0.2, 0) is 0 Å². The van der Waals surface area contributed by atoms with E-state index >= 15 is 0 Å². The minimum absolute atomic E-state index is 0.102. The Kier molecular flexibility index (Phi) is 2.75. The van der Waals surface area contributed by atoms with Crippen molar-refractivity contribution in [3.05, 3.63) is 54.7 Å². The second-order valence-electron chi connectivity index (χ2n) is 5.15. The normalized spacial score (nSPS) is 18.1. The Morgan fingerprint density at radius 1 is 1.10 bits per heavy atom. The number of furan rings is 1. The molecule has 0 saturated carbocycles. The smallest absolute Gasteiger partial charge is 0.158 e. The van der Waals surface area contributed by atoms with Gasteiger partial charge in [-0.05, 0) is 18.6 Å². The minimum atomic E-state index is -0.102. The van der Waals surface area contributed by atoms with Gasteiger partial charge in [0, 0.05) is 17.0 Å². The average molecular weight is 277 g/mol. The summed E-state index contributed by atoms with van der Waals surface area (Å²) in [6, 6.07) is 14.0. The van der Waals surface area contributed by atoms with E-state index in [9.17, 15) is 0 Å². The second kappa shape index (κ2) is 4.75. The molecule has 0 bridgehead atoms. The van der Waals surface area contributed by atoms with Crippen molar-refractivity contribution in [2.75, 3.05) is 5.32 Å². The van der Waals surface area contributed by atoms with Crippen LogP contribution in [0.4, 0.5) is 5.69 Å². The van der Waals surface area contributed by atoms with Crippen LogP contribution in [0.1, 0.15) is 6.42 Å². The lowest BCUT2D eigenvalue weighted by atomic mass is 10.1. The maximum absolute atomic E-state index is 6.07. The number of benzene rings is 2. The molecule has 4 rings (SSSR count). The molecule has 1 atom stereocenters. The standard InChI is InChI=1S/C17H15N3O/c18-13-7-4-10-19-17(13)20-14-8-3-6-12-11-5-1-2-9-15(11)21-16(12)14/h1-6,8-10,13H,7,18H2,(H,19,20). The van der Waals surface area contributed by atoms with Crippen LogP contribution in [0.2, 0.25) is 0 Å². The molecule has 1 aliphatic heterocycles. The predicted molar refractivity (Wildman–Crippen MR) is 86.5 cm³/mol. The Bertz CT molecular complexity index is 876. The third-order valence-corrected chi connectivity index (χ3v) is 3.73. The summed E-state index contributed by atoms with van der Waals surface area (Å²) in [5.74, 6) is 0.769. The van der Waals surface area contributed by atoms with Crippen molar-refractivity contribution < 1.29 is 4.42 Å². The fraction of sp³-hybridized carbons (Fsp3) is 0.118. The third kappa shape index (κ3) is 2.00. The zero-order valence-electron chi connectivity index (χ0n) is 11.4. The number of rotatable bonds is 1. The highest BCUT2D eigenvalue weighted by Crippen LogP contribution is 2.33. The van der Waals surface area contributed by atoms with E-state index in [1.54, 1.807) is 6.20 Å². The molecule has 104 valence electrons. The second-order valence-corrected chi connectivity index (χ2v) is 5.15. The van der Waals surface area contributed by atoms with E-state index in [4.69, 9.17) is 10.2 Å². The molecule has 4 nitrogen and oxygen atoms in total.